The minimum Gasteiger partial charge on any atom is -0.481 e. The Labute approximate surface area is 130 Å². The zero-order valence-electron chi connectivity index (χ0n) is 13.2. The number of amides is 2. The standard InChI is InChI=1S/C15H22N4O3/c1-6-8-19(9-7-2)15(21)11(3)16-14(20)12-10-13(22-5)18(4)17-12/h6-7,10-11H,1-2,8-9H2,3-5H3,(H,16,20). The van der Waals surface area contributed by atoms with Crippen molar-refractivity contribution < 1.29 is 14.3 Å². The summed E-state index contributed by atoms with van der Waals surface area (Å²) in [6.45, 7) is 9.63. The van der Waals surface area contributed by atoms with E-state index in [1.807, 2.05) is 0 Å². The molecule has 1 heterocycles. The second-order valence-electron chi connectivity index (χ2n) is 4.71. The highest BCUT2D eigenvalue weighted by Crippen LogP contribution is 2.11. The molecule has 1 atom stereocenters. The Bertz CT molecular complexity index is 555. The van der Waals surface area contributed by atoms with Gasteiger partial charge in [0.25, 0.3) is 5.91 Å². The third-order valence-electron chi connectivity index (χ3n) is 3.01. The predicted molar refractivity (Wildman–Crippen MR) is 83.7 cm³/mol. The first kappa shape index (κ1) is 17.5. The Morgan fingerprint density at radius 2 is 2.05 bits per heavy atom. The molecule has 0 aliphatic rings. The van der Waals surface area contributed by atoms with E-state index < -0.39 is 11.9 Å². The molecule has 0 saturated carbocycles. The number of rotatable bonds is 8. The van der Waals surface area contributed by atoms with Crippen LogP contribution in [0, 0.1) is 0 Å². The highest BCUT2D eigenvalue weighted by molar-refractivity contribution is 5.96. The maximum atomic E-state index is 12.3. The first-order valence-electron chi connectivity index (χ1n) is 6.84. The molecule has 0 radical (unpaired) electrons. The molecule has 0 bridgehead atoms. The van der Waals surface area contributed by atoms with Gasteiger partial charge in [0.05, 0.1) is 7.11 Å². The summed E-state index contributed by atoms with van der Waals surface area (Å²) in [7, 11) is 3.16. The molecule has 2 amide bonds. The maximum absolute atomic E-state index is 12.3. The van der Waals surface area contributed by atoms with Gasteiger partial charge in [-0.2, -0.15) is 5.10 Å². The van der Waals surface area contributed by atoms with E-state index >= 15 is 0 Å². The zero-order valence-corrected chi connectivity index (χ0v) is 13.2. The van der Waals surface area contributed by atoms with Gasteiger partial charge in [0, 0.05) is 26.2 Å². The number of carbonyl (C=O) groups is 2. The van der Waals surface area contributed by atoms with Crippen LogP contribution in [0.1, 0.15) is 17.4 Å². The van der Waals surface area contributed by atoms with Crippen LogP contribution >= 0.6 is 0 Å². The fraction of sp³-hybridized carbons (Fsp3) is 0.400. The Hall–Kier alpha value is -2.57. The maximum Gasteiger partial charge on any atom is 0.272 e. The van der Waals surface area contributed by atoms with Crippen LogP contribution in [0.5, 0.6) is 5.88 Å². The molecule has 0 saturated heterocycles. The number of nitrogens with one attached hydrogen (secondary N) is 1. The Kier molecular flexibility index (Phi) is 6.37. The molecule has 1 aromatic rings. The van der Waals surface area contributed by atoms with Gasteiger partial charge in [-0.05, 0) is 6.92 Å². The monoisotopic (exact) mass is 306 g/mol. The lowest BCUT2D eigenvalue weighted by atomic mass is 10.2. The zero-order chi connectivity index (χ0) is 16.7. The third kappa shape index (κ3) is 4.21. The molecule has 0 fully saturated rings. The fourth-order valence-corrected chi connectivity index (χ4v) is 1.92. The molecule has 7 nitrogen and oxygen atoms in total. The summed E-state index contributed by atoms with van der Waals surface area (Å²) in [6.07, 6.45) is 3.25. The average molecular weight is 306 g/mol. The van der Waals surface area contributed by atoms with Crippen molar-refractivity contribution in [3.8, 4) is 5.88 Å². The first-order valence-corrected chi connectivity index (χ1v) is 6.84. The van der Waals surface area contributed by atoms with Crippen LogP contribution in [0.3, 0.4) is 0 Å². The summed E-state index contributed by atoms with van der Waals surface area (Å²) >= 11 is 0. The normalized spacial score (nSPS) is 11.4. The van der Waals surface area contributed by atoms with Crippen molar-refractivity contribution in [2.75, 3.05) is 20.2 Å². The van der Waals surface area contributed by atoms with Gasteiger partial charge in [0.1, 0.15) is 6.04 Å². The van der Waals surface area contributed by atoms with Gasteiger partial charge in [0.15, 0.2) is 5.69 Å². The van der Waals surface area contributed by atoms with Crippen molar-refractivity contribution in [2.24, 2.45) is 7.05 Å². The largest absolute Gasteiger partial charge is 0.481 e. The molecular formula is C15H22N4O3. The van der Waals surface area contributed by atoms with Crippen LogP contribution in [-0.4, -0.2) is 52.7 Å². The number of methoxy groups -OCH3 is 1. The van der Waals surface area contributed by atoms with Crippen molar-refractivity contribution in [2.45, 2.75) is 13.0 Å². The average Bonchev–Trinajstić information content (AvgIpc) is 2.87. The Balaban J connectivity index is 2.74. The summed E-state index contributed by atoms with van der Waals surface area (Å²) in [5, 5.41) is 6.66. The Morgan fingerprint density at radius 3 is 2.50 bits per heavy atom. The highest BCUT2D eigenvalue weighted by atomic mass is 16.5. The number of nitrogens with zero attached hydrogens (tertiary/aromatic N) is 3. The van der Waals surface area contributed by atoms with Crippen molar-refractivity contribution in [3.63, 3.8) is 0 Å². The number of hydrogen-bond acceptors (Lipinski definition) is 4. The van der Waals surface area contributed by atoms with Crippen LogP contribution in [0.15, 0.2) is 31.4 Å². The number of ether oxygens (including phenoxy) is 1. The summed E-state index contributed by atoms with van der Waals surface area (Å²) in [6, 6.07) is 0.832. The van der Waals surface area contributed by atoms with E-state index in [2.05, 4.69) is 23.6 Å². The number of aryl methyl sites for hydroxylation is 1. The molecule has 1 aromatic heterocycles. The molecule has 7 heteroatoms. The lowest BCUT2D eigenvalue weighted by Crippen LogP contribution is -2.47. The molecule has 1 N–H and O–H groups in total. The second kappa shape index (κ2) is 8.02. The first-order chi connectivity index (χ1) is 10.4. The van der Waals surface area contributed by atoms with Crippen molar-refractivity contribution in [1.82, 2.24) is 20.0 Å². The van der Waals surface area contributed by atoms with E-state index in [0.29, 0.717) is 19.0 Å². The summed E-state index contributed by atoms with van der Waals surface area (Å²) in [4.78, 5) is 26.0. The lowest BCUT2D eigenvalue weighted by molar-refractivity contribution is -0.131. The van der Waals surface area contributed by atoms with E-state index in [0.717, 1.165) is 0 Å². The van der Waals surface area contributed by atoms with Crippen molar-refractivity contribution in [1.29, 1.82) is 0 Å². The predicted octanol–water partition coefficient (Wildman–Crippen LogP) is 0.748. The molecule has 1 unspecified atom stereocenters. The molecular weight excluding hydrogens is 284 g/mol. The molecule has 22 heavy (non-hydrogen) atoms. The van der Waals surface area contributed by atoms with Gasteiger partial charge >= 0.3 is 0 Å². The number of aromatic nitrogens is 2. The summed E-state index contributed by atoms with van der Waals surface area (Å²) < 4.78 is 6.50. The van der Waals surface area contributed by atoms with Gasteiger partial charge in [-0.1, -0.05) is 12.2 Å². The molecule has 0 spiro atoms. The van der Waals surface area contributed by atoms with Gasteiger partial charge in [-0.3, -0.25) is 9.59 Å². The molecule has 0 aliphatic carbocycles. The molecule has 0 aromatic carbocycles. The number of carbonyl (C=O) groups excluding carboxylic acids is 2. The van der Waals surface area contributed by atoms with Crippen LogP contribution in [-0.2, 0) is 11.8 Å². The third-order valence-corrected chi connectivity index (χ3v) is 3.01. The van der Waals surface area contributed by atoms with E-state index in [9.17, 15) is 9.59 Å². The van der Waals surface area contributed by atoms with Crippen LogP contribution < -0.4 is 10.1 Å². The molecule has 0 aliphatic heterocycles. The van der Waals surface area contributed by atoms with Gasteiger partial charge in [-0.15, -0.1) is 13.2 Å². The van der Waals surface area contributed by atoms with Crippen LogP contribution in [0.2, 0.25) is 0 Å². The van der Waals surface area contributed by atoms with Crippen LogP contribution in [0.4, 0.5) is 0 Å². The van der Waals surface area contributed by atoms with Crippen molar-refractivity contribution >= 4 is 11.8 Å². The molecule has 120 valence electrons. The Morgan fingerprint density at radius 1 is 1.45 bits per heavy atom. The van der Waals surface area contributed by atoms with Crippen LogP contribution in [0.25, 0.3) is 0 Å². The quantitative estimate of drug-likeness (QED) is 0.719. The highest BCUT2D eigenvalue weighted by Gasteiger charge is 2.22. The topological polar surface area (TPSA) is 76.5 Å². The van der Waals surface area contributed by atoms with E-state index in [1.54, 1.807) is 31.0 Å². The number of hydrogen-bond donors (Lipinski definition) is 1. The SMILES string of the molecule is C=CCN(CC=C)C(=O)C(C)NC(=O)c1cc(OC)n(C)n1. The van der Waals surface area contributed by atoms with Gasteiger partial charge in [-0.25, -0.2) is 4.68 Å². The minimum atomic E-state index is -0.680. The van der Waals surface area contributed by atoms with E-state index in [4.69, 9.17) is 4.74 Å². The van der Waals surface area contributed by atoms with E-state index in [-0.39, 0.29) is 11.6 Å². The molecule has 1 rings (SSSR count). The van der Waals surface area contributed by atoms with Gasteiger partial charge in [0.2, 0.25) is 11.8 Å². The second-order valence-corrected chi connectivity index (χ2v) is 4.71. The van der Waals surface area contributed by atoms with E-state index in [1.165, 1.54) is 17.9 Å². The summed E-state index contributed by atoms with van der Waals surface area (Å²) in [5.41, 5.74) is 0.193. The smallest absolute Gasteiger partial charge is 0.272 e. The lowest BCUT2D eigenvalue weighted by Gasteiger charge is -2.23. The van der Waals surface area contributed by atoms with Crippen molar-refractivity contribution in [3.05, 3.63) is 37.1 Å². The van der Waals surface area contributed by atoms with Gasteiger partial charge < -0.3 is 15.0 Å². The summed E-state index contributed by atoms with van der Waals surface area (Å²) in [5.74, 6) is -0.183. The minimum absolute atomic E-state index is 0.193. The fourth-order valence-electron chi connectivity index (χ4n) is 1.92.